The first-order valence-corrected chi connectivity index (χ1v) is 13.2. The van der Waals surface area contributed by atoms with E-state index in [1.807, 2.05) is 4.90 Å². The predicted molar refractivity (Wildman–Crippen MR) is 133 cm³/mol. The van der Waals surface area contributed by atoms with E-state index >= 15 is 0 Å². The van der Waals surface area contributed by atoms with Gasteiger partial charge in [-0.1, -0.05) is 18.6 Å². The summed E-state index contributed by atoms with van der Waals surface area (Å²) in [5, 5.41) is 3.18. The molecule has 0 aromatic heterocycles. The SMILES string of the molecule is COCCN(Cc1ccc(F)cc1)C1CC(C(=O)NCC2CCCC(CN)C2)N(C(=O)C2CC2)C1. The zero-order valence-corrected chi connectivity index (χ0v) is 21.0. The molecule has 1 heterocycles. The molecule has 4 atom stereocenters. The summed E-state index contributed by atoms with van der Waals surface area (Å²) in [7, 11) is 1.67. The lowest BCUT2D eigenvalue weighted by molar-refractivity contribution is -0.139. The van der Waals surface area contributed by atoms with Gasteiger partial charge in [0.15, 0.2) is 0 Å². The molecule has 4 rings (SSSR count). The number of methoxy groups -OCH3 is 1. The van der Waals surface area contributed by atoms with Gasteiger partial charge in [-0.25, -0.2) is 4.39 Å². The minimum absolute atomic E-state index is 0.0372. The zero-order chi connectivity index (χ0) is 24.8. The van der Waals surface area contributed by atoms with Crippen LogP contribution in [0.2, 0.25) is 0 Å². The van der Waals surface area contributed by atoms with Crippen LogP contribution >= 0.6 is 0 Å². The number of nitrogens with two attached hydrogens (primary N) is 1. The highest BCUT2D eigenvalue weighted by molar-refractivity contribution is 5.90. The molecule has 0 bridgehead atoms. The average Bonchev–Trinajstić information content (AvgIpc) is 3.64. The van der Waals surface area contributed by atoms with Gasteiger partial charge in [-0.3, -0.25) is 14.5 Å². The topological polar surface area (TPSA) is 87.9 Å². The van der Waals surface area contributed by atoms with Gasteiger partial charge in [-0.05, 0) is 74.6 Å². The molecular weight excluding hydrogens is 447 g/mol. The Bertz CT molecular complexity index is 847. The first kappa shape index (κ1) is 26.0. The molecule has 4 unspecified atom stereocenters. The highest BCUT2D eigenvalue weighted by Crippen LogP contribution is 2.35. The van der Waals surface area contributed by atoms with E-state index in [2.05, 4.69) is 10.2 Å². The van der Waals surface area contributed by atoms with Crippen molar-refractivity contribution < 1.29 is 18.7 Å². The van der Waals surface area contributed by atoms with Crippen molar-refractivity contribution in [2.45, 2.75) is 63.6 Å². The number of carbonyl (C=O) groups excluding carboxylic acids is 2. The maximum atomic E-state index is 13.4. The van der Waals surface area contributed by atoms with Gasteiger partial charge in [-0.15, -0.1) is 0 Å². The molecule has 1 aromatic carbocycles. The summed E-state index contributed by atoms with van der Waals surface area (Å²) in [5.74, 6) is 0.897. The van der Waals surface area contributed by atoms with E-state index in [1.165, 1.54) is 18.6 Å². The molecule has 0 radical (unpaired) electrons. The highest BCUT2D eigenvalue weighted by atomic mass is 19.1. The lowest BCUT2D eigenvalue weighted by atomic mass is 9.81. The molecule has 7 nitrogen and oxygen atoms in total. The van der Waals surface area contributed by atoms with Gasteiger partial charge < -0.3 is 20.7 Å². The Labute approximate surface area is 208 Å². The molecule has 1 aliphatic heterocycles. The van der Waals surface area contributed by atoms with E-state index in [0.29, 0.717) is 57.6 Å². The van der Waals surface area contributed by atoms with Crippen LogP contribution in [-0.4, -0.2) is 73.6 Å². The van der Waals surface area contributed by atoms with E-state index in [4.69, 9.17) is 10.5 Å². The molecule has 3 aliphatic rings. The Morgan fingerprint density at radius 2 is 1.89 bits per heavy atom. The van der Waals surface area contributed by atoms with Crippen molar-refractivity contribution in [1.29, 1.82) is 0 Å². The third-order valence-corrected chi connectivity index (χ3v) is 7.98. The number of hydrogen-bond acceptors (Lipinski definition) is 5. The maximum Gasteiger partial charge on any atom is 0.242 e. The third-order valence-electron chi connectivity index (χ3n) is 7.98. The summed E-state index contributed by atoms with van der Waals surface area (Å²) < 4.78 is 18.7. The molecule has 1 aromatic rings. The summed E-state index contributed by atoms with van der Waals surface area (Å²) >= 11 is 0. The van der Waals surface area contributed by atoms with Gasteiger partial charge in [0.2, 0.25) is 11.8 Å². The summed E-state index contributed by atoms with van der Waals surface area (Å²) in [4.78, 5) is 30.6. The van der Waals surface area contributed by atoms with Crippen LogP contribution in [0, 0.1) is 23.6 Å². The fraction of sp³-hybridized carbons (Fsp3) is 0.704. The molecule has 2 amide bonds. The fourth-order valence-corrected chi connectivity index (χ4v) is 5.72. The molecule has 3 fully saturated rings. The van der Waals surface area contributed by atoms with Crippen molar-refractivity contribution in [1.82, 2.24) is 15.1 Å². The number of amides is 2. The number of hydrogen-bond donors (Lipinski definition) is 2. The Morgan fingerprint density at radius 1 is 1.14 bits per heavy atom. The van der Waals surface area contributed by atoms with Gasteiger partial charge in [0.05, 0.1) is 6.61 Å². The van der Waals surface area contributed by atoms with Crippen molar-refractivity contribution in [3.63, 3.8) is 0 Å². The van der Waals surface area contributed by atoms with Crippen molar-refractivity contribution in [2.24, 2.45) is 23.5 Å². The lowest BCUT2D eigenvalue weighted by Gasteiger charge is -2.29. The predicted octanol–water partition coefficient (Wildman–Crippen LogP) is 2.53. The molecule has 0 spiro atoms. The van der Waals surface area contributed by atoms with Crippen molar-refractivity contribution in [3.05, 3.63) is 35.6 Å². The van der Waals surface area contributed by atoms with Crippen molar-refractivity contribution in [3.8, 4) is 0 Å². The minimum Gasteiger partial charge on any atom is -0.383 e. The number of ether oxygens (including phenoxy) is 1. The van der Waals surface area contributed by atoms with Crippen LogP contribution in [0.25, 0.3) is 0 Å². The van der Waals surface area contributed by atoms with Gasteiger partial charge >= 0.3 is 0 Å². The highest BCUT2D eigenvalue weighted by Gasteiger charge is 2.45. The standard InChI is InChI=1S/C27H41FN4O3/c1-35-12-11-31(17-19-5-9-23(28)10-6-19)24-14-25(32(18-24)27(34)22-7-8-22)26(33)30-16-21-4-2-3-20(13-21)15-29/h5-6,9-10,20-22,24-25H,2-4,7-8,11-18,29H2,1H3,(H,30,33). The van der Waals surface area contributed by atoms with E-state index in [0.717, 1.165) is 37.7 Å². The van der Waals surface area contributed by atoms with Crippen LogP contribution in [0.1, 0.15) is 50.5 Å². The summed E-state index contributed by atoms with van der Waals surface area (Å²) in [6, 6.07) is 6.13. The Hall–Kier alpha value is -2.03. The first-order chi connectivity index (χ1) is 17.0. The Kier molecular flexibility index (Phi) is 9.14. The number of likely N-dealkylation sites (tertiary alicyclic amines) is 1. The largest absolute Gasteiger partial charge is 0.383 e. The third kappa shape index (κ3) is 7.02. The first-order valence-electron chi connectivity index (χ1n) is 13.2. The molecule has 194 valence electrons. The van der Waals surface area contributed by atoms with E-state index in [9.17, 15) is 14.0 Å². The summed E-state index contributed by atoms with van der Waals surface area (Å²) in [5.41, 5.74) is 6.89. The number of rotatable bonds is 11. The van der Waals surface area contributed by atoms with Crippen LogP contribution in [0.15, 0.2) is 24.3 Å². The van der Waals surface area contributed by atoms with Crippen molar-refractivity contribution >= 4 is 11.8 Å². The van der Waals surface area contributed by atoms with Gasteiger partial charge in [0.1, 0.15) is 11.9 Å². The molecule has 3 N–H and O–H groups in total. The molecule has 2 saturated carbocycles. The average molecular weight is 489 g/mol. The zero-order valence-electron chi connectivity index (χ0n) is 21.0. The Morgan fingerprint density at radius 3 is 2.57 bits per heavy atom. The van der Waals surface area contributed by atoms with Crippen LogP contribution < -0.4 is 11.1 Å². The molecule has 8 heteroatoms. The van der Waals surface area contributed by atoms with E-state index in [-0.39, 0.29) is 29.6 Å². The monoisotopic (exact) mass is 488 g/mol. The second-order valence-corrected chi connectivity index (χ2v) is 10.6. The van der Waals surface area contributed by atoms with Crippen LogP contribution in [-0.2, 0) is 20.9 Å². The minimum atomic E-state index is -0.444. The maximum absolute atomic E-state index is 13.4. The smallest absolute Gasteiger partial charge is 0.242 e. The fourth-order valence-electron chi connectivity index (χ4n) is 5.72. The normalized spacial score (nSPS) is 26.8. The van der Waals surface area contributed by atoms with Gasteiger partial charge in [0.25, 0.3) is 0 Å². The number of nitrogens with one attached hydrogen (secondary N) is 1. The number of benzene rings is 1. The number of halogens is 1. The molecule has 35 heavy (non-hydrogen) atoms. The van der Waals surface area contributed by atoms with Crippen LogP contribution in [0.3, 0.4) is 0 Å². The van der Waals surface area contributed by atoms with Crippen LogP contribution in [0.4, 0.5) is 4.39 Å². The van der Waals surface area contributed by atoms with Gasteiger partial charge in [0, 0.05) is 45.2 Å². The summed E-state index contributed by atoms with van der Waals surface area (Å²) in [6.07, 6.45) is 6.97. The van der Waals surface area contributed by atoms with Gasteiger partial charge in [-0.2, -0.15) is 0 Å². The van der Waals surface area contributed by atoms with E-state index < -0.39 is 6.04 Å². The molecule has 1 saturated heterocycles. The Balaban J connectivity index is 1.42. The van der Waals surface area contributed by atoms with E-state index in [1.54, 1.807) is 19.2 Å². The van der Waals surface area contributed by atoms with Crippen molar-refractivity contribution in [2.75, 3.05) is 39.9 Å². The quantitative estimate of drug-likeness (QED) is 0.500. The lowest BCUT2D eigenvalue weighted by Crippen LogP contribution is -2.47. The summed E-state index contributed by atoms with van der Waals surface area (Å²) in [6.45, 7) is 3.76. The number of carbonyl (C=O) groups is 2. The second kappa shape index (κ2) is 12.3. The molecule has 2 aliphatic carbocycles. The molecular formula is C27H41FN4O3. The number of nitrogens with zero attached hydrogens (tertiary/aromatic N) is 2. The van der Waals surface area contributed by atoms with Crippen LogP contribution in [0.5, 0.6) is 0 Å². The second-order valence-electron chi connectivity index (χ2n) is 10.6.